The van der Waals surface area contributed by atoms with Crippen LogP contribution in [0.5, 0.6) is 0 Å². The zero-order valence-electron chi connectivity index (χ0n) is 12.6. The van der Waals surface area contributed by atoms with Crippen LogP contribution in [0.2, 0.25) is 0 Å². The lowest BCUT2D eigenvalue weighted by Gasteiger charge is -2.18. The summed E-state index contributed by atoms with van der Waals surface area (Å²) in [6.07, 6.45) is 2.94. The zero-order valence-corrected chi connectivity index (χ0v) is 15.8. The van der Waals surface area contributed by atoms with Crippen molar-refractivity contribution < 1.29 is 0 Å². The molecular formula is C16H21Br2N3. The average molecular weight is 415 g/mol. The number of likely N-dealkylation sites (N-methyl/N-ethyl adjacent to an activating group) is 1. The molecule has 0 aliphatic carbocycles. The van der Waals surface area contributed by atoms with Gasteiger partial charge < -0.3 is 5.32 Å². The number of nitrogens with one attached hydrogen (secondary N) is 1. The third-order valence-corrected chi connectivity index (χ3v) is 4.26. The predicted octanol–water partition coefficient (Wildman–Crippen LogP) is 4.88. The standard InChI is InChI=1S/C16H21Br2N3/c1-4-19-16(12-7-13(17)9-14(18)8-12)10-15-5-6-21(20-15)11(2)3/h5-9,11,16,19H,4,10H2,1-3H3. The van der Waals surface area contributed by atoms with Crippen molar-refractivity contribution in [3.63, 3.8) is 0 Å². The molecule has 0 spiro atoms. The van der Waals surface area contributed by atoms with E-state index in [1.807, 2.05) is 4.68 Å². The highest BCUT2D eigenvalue weighted by atomic mass is 79.9. The fourth-order valence-electron chi connectivity index (χ4n) is 2.31. The number of hydrogen-bond donors (Lipinski definition) is 1. The van der Waals surface area contributed by atoms with Crippen LogP contribution >= 0.6 is 31.9 Å². The number of aromatic nitrogens is 2. The van der Waals surface area contributed by atoms with E-state index in [0.29, 0.717) is 6.04 Å². The Bertz CT molecular complexity index is 573. The molecule has 1 aromatic heterocycles. The highest BCUT2D eigenvalue weighted by Crippen LogP contribution is 2.26. The number of nitrogens with zero attached hydrogens (tertiary/aromatic N) is 2. The van der Waals surface area contributed by atoms with Gasteiger partial charge in [0.15, 0.2) is 0 Å². The van der Waals surface area contributed by atoms with Gasteiger partial charge in [-0.2, -0.15) is 5.10 Å². The van der Waals surface area contributed by atoms with Gasteiger partial charge in [-0.1, -0.05) is 38.8 Å². The third kappa shape index (κ3) is 4.66. The molecule has 5 heteroatoms. The summed E-state index contributed by atoms with van der Waals surface area (Å²) in [4.78, 5) is 0. The molecule has 0 radical (unpaired) electrons. The minimum Gasteiger partial charge on any atom is -0.310 e. The molecule has 1 heterocycles. The van der Waals surface area contributed by atoms with Crippen LogP contribution < -0.4 is 5.32 Å². The predicted molar refractivity (Wildman–Crippen MR) is 94.6 cm³/mol. The van der Waals surface area contributed by atoms with Crippen LogP contribution in [0.25, 0.3) is 0 Å². The largest absolute Gasteiger partial charge is 0.310 e. The SMILES string of the molecule is CCNC(Cc1ccn(C(C)C)n1)c1cc(Br)cc(Br)c1. The lowest BCUT2D eigenvalue weighted by Crippen LogP contribution is -2.23. The Labute approximate surface area is 143 Å². The molecule has 0 fully saturated rings. The maximum atomic E-state index is 4.66. The van der Waals surface area contributed by atoms with Crippen molar-refractivity contribution in [2.75, 3.05) is 6.54 Å². The summed E-state index contributed by atoms with van der Waals surface area (Å²) in [5.41, 5.74) is 2.38. The van der Waals surface area contributed by atoms with Crippen LogP contribution in [0, 0.1) is 0 Å². The van der Waals surface area contributed by atoms with Gasteiger partial charge in [-0.25, -0.2) is 0 Å². The number of hydrogen-bond acceptors (Lipinski definition) is 2. The Morgan fingerprint density at radius 2 is 1.86 bits per heavy atom. The van der Waals surface area contributed by atoms with E-state index in [4.69, 9.17) is 0 Å². The molecule has 1 N–H and O–H groups in total. The lowest BCUT2D eigenvalue weighted by molar-refractivity contribution is 0.506. The molecule has 0 aliphatic heterocycles. The molecule has 0 aliphatic rings. The van der Waals surface area contributed by atoms with Gasteiger partial charge in [0.2, 0.25) is 0 Å². The number of benzene rings is 1. The van der Waals surface area contributed by atoms with Crippen molar-refractivity contribution >= 4 is 31.9 Å². The molecule has 0 saturated heterocycles. The van der Waals surface area contributed by atoms with Crippen LogP contribution in [0.15, 0.2) is 39.4 Å². The normalized spacial score (nSPS) is 12.9. The summed E-state index contributed by atoms with van der Waals surface area (Å²) in [5, 5.41) is 8.20. The van der Waals surface area contributed by atoms with Gasteiger partial charge in [-0.05, 0) is 50.2 Å². The zero-order chi connectivity index (χ0) is 15.4. The molecule has 21 heavy (non-hydrogen) atoms. The second kappa shape index (κ2) is 7.56. The molecule has 0 saturated carbocycles. The van der Waals surface area contributed by atoms with Crippen molar-refractivity contribution in [2.24, 2.45) is 0 Å². The van der Waals surface area contributed by atoms with E-state index in [2.05, 4.69) is 93.5 Å². The van der Waals surface area contributed by atoms with Crippen LogP contribution in [-0.2, 0) is 6.42 Å². The summed E-state index contributed by atoms with van der Waals surface area (Å²) in [5.74, 6) is 0. The van der Waals surface area contributed by atoms with Crippen LogP contribution in [0.4, 0.5) is 0 Å². The fourth-order valence-corrected chi connectivity index (χ4v) is 3.64. The molecule has 1 aromatic carbocycles. The van der Waals surface area contributed by atoms with Gasteiger partial charge in [0.25, 0.3) is 0 Å². The van der Waals surface area contributed by atoms with Crippen molar-refractivity contribution in [1.82, 2.24) is 15.1 Å². The van der Waals surface area contributed by atoms with E-state index in [1.165, 1.54) is 5.56 Å². The highest BCUT2D eigenvalue weighted by molar-refractivity contribution is 9.11. The van der Waals surface area contributed by atoms with E-state index in [-0.39, 0.29) is 6.04 Å². The van der Waals surface area contributed by atoms with Crippen molar-refractivity contribution in [3.8, 4) is 0 Å². The quantitative estimate of drug-likeness (QED) is 0.729. The Kier molecular flexibility index (Phi) is 6.02. The molecule has 114 valence electrons. The molecule has 2 rings (SSSR count). The van der Waals surface area contributed by atoms with E-state index in [0.717, 1.165) is 27.6 Å². The first-order valence-corrected chi connectivity index (χ1v) is 8.81. The first kappa shape index (κ1) is 16.7. The minimum absolute atomic E-state index is 0.263. The van der Waals surface area contributed by atoms with Gasteiger partial charge in [-0.3, -0.25) is 4.68 Å². The van der Waals surface area contributed by atoms with Crippen LogP contribution in [-0.4, -0.2) is 16.3 Å². The summed E-state index contributed by atoms with van der Waals surface area (Å²) < 4.78 is 4.18. The van der Waals surface area contributed by atoms with Gasteiger partial charge in [0.05, 0.1) is 5.69 Å². The second-order valence-electron chi connectivity index (χ2n) is 5.40. The monoisotopic (exact) mass is 413 g/mol. The van der Waals surface area contributed by atoms with Crippen LogP contribution in [0.3, 0.4) is 0 Å². The Hall–Kier alpha value is -0.650. The van der Waals surface area contributed by atoms with Gasteiger partial charge in [-0.15, -0.1) is 0 Å². The van der Waals surface area contributed by atoms with Gasteiger partial charge in [0.1, 0.15) is 0 Å². The van der Waals surface area contributed by atoms with Crippen molar-refractivity contribution in [3.05, 3.63) is 50.7 Å². The first-order valence-electron chi connectivity index (χ1n) is 7.23. The maximum Gasteiger partial charge on any atom is 0.0643 e. The molecule has 1 atom stereocenters. The van der Waals surface area contributed by atoms with Gasteiger partial charge >= 0.3 is 0 Å². The summed E-state index contributed by atoms with van der Waals surface area (Å²) >= 11 is 7.13. The maximum absolute atomic E-state index is 4.66. The van der Waals surface area contributed by atoms with Crippen molar-refractivity contribution in [2.45, 2.75) is 39.3 Å². The number of halogens is 2. The summed E-state index contributed by atoms with van der Waals surface area (Å²) in [7, 11) is 0. The highest BCUT2D eigenvalue weighted by Gasteiger charge is 2.14. The fraction of sp³-hybridized carbons (Fsp3) is 0.438. The minimum atomic E-state index is 0.263. The molecular weight excluding hydrogens is 394 g/mol. The smallest absolute Gasteiger partial charge is 0.0643 e. The molecule has 0 bridgehead atoms. The van der Waals surface area contributed by atoms with E-state index < -0.39 is 0 Å². The molecule has 2 aromatic rings. The third-order valence-electron chi connectivity index (χ3n) is 3.34. The first-order chi connectivity index (χ1) is 9.99. The van der Waals surface area contributed by atoms with E-state index >= 15 is 0 Å². The molecule has 1 unspecified atom stereocenters. The lowest BCUT2D eigenvalue weighted by atomic mass is 10.0. The Balaban J connectivity index is 2.21. The van der Waals surface area contributed by atoms with E-state index in [9.17, 15) is 0 Å². The second-order valence-corrected chi connectivity index (χ2v) is 7.23. The Morgan fingerprint density at radius 1 is 1.19 bits per heavy atom. The average Bonchev–Trinajstić information content (AvgIpc) is 2.86. The Morgan fingerprint density at radius 3 is 2.38 bits per heavy atom. The number of rotatable bonds is 6. The summed E-state index contributed by atoms with van der Waals surface area (Å²) in [6, 6.07) is 9.16. The van der Waals surface area contributed by atoms with Crippen molar-refractivity contribution in [1.29, 1.82) is 0 Å². The molecule has 0 amide bonds. The molecule has 3 nitrogen and oxygen atoms in total. The van der Waals surface area contributed by atoms with Gasteiger partial charge in [0, 0.05) is 33.6 Å². The van der Waals surface area contributed by atoms with Crippen LogP contribution in [0.1, 0.15) is 44.1 Å². The van der Waals surface area contributed by atoms with E-state index in [1.54, 1.807) is 0 Å². The topological polar surface area (TPSA) is 29.9 Å². The summed E-state index contributed by atoms with van der Waals surface area (Å²) in [6.45, 7) is 7.35.